The molecular formula is C15H18FNS. The van der Waals surface area contributed by atoms with E-state index in [0.717, 1.165) is 17.5 Å². The summed E-state index contributed by atoms with van der Waals surface area (Å²) in [6.07, 6.45) is 0.755. The van der Waals surface area contributed by atoms with Gasteiger partial charge < -0.3 is 5.73 Å². The molecule has 1 aromatic carbocycles. The molecule has 0 aliphatic carbocycles. The summed E-state index contributed by atoms with van der Waals surface area (Å²) in [6, 6.07) is 7.04. The molecule has 0 aliphatic rings. The largest absolute Gasteiger partial charge is 0.323 e. The van der Waals surface area contributed by atoms with E-state index in [1.54, 1.807) is 17.4 Å². The molecule has 2 aromatic rings. The molecule has 2 N–H and O–H groups in total. The van der Waals surface area contributed by atoms with E-state index in [2.05, 4.69) is 19.9 Å². The molecule has 0 bridgehead atoms. The van der Waals surface area contributed by atoms with Crippen LogP contribution >= 0.6 is 11.3 Å². The number of benzene rings is 1. The van der Waals surface area contributed by atoms with Gasteiger partial charge in [0.25, 0.3) is 0 Å². The maximum absolute atomic E-state index is 13.0. The average Bonchev–Trinajstić information content (AvgIpc) is 2.63. The minimum absolute atomic E-state index is 0.00781. The first-order valence-electron chi connectivity index (χ1n) is 6.05. The molecule has 0 fully saturated rings. The molecule has 0 aliphatic heterocycles. The smallest absolute Gasteiger partial charge is 0.123 e. The van der Waals surface area contributed by atoms with Gasteiger partial charge >= 0.3 is 0 Å². The Morgan fingerprint density at radius 1 is 1.17 bits per heavy atom. The van der Waals surface area contributed by atoms with Crippen LogP contribution in [0.5, 0.6) is 0 Å². The third-order valence-corrected chi connectivity index (χ3v) is 4.58. The molecule has 0 spiro atoms. The molecule has 1 heterocycles. The van der Waals surface area contributed by atoms with Gasteiger partial charge in [-0.15, -0.1) is 11.3 Å². The van der Waals surface area contributed by atoms with Crippen molar-refractivity contribution in [3.8, 4) is 0 Å². The Kier molecular flexibility index (Phi) is 3.83. The zero-order valence-electron chi connectivity index (χ0n) is 11.0. The predicted octanol–water partition coefficient (Wildman–Crippen LogP) is 4.05. The Morgan fingerprint density at radius 2 is 1.89 bits per heavy atom. The first kappa shape index (κ1) is 13.2. The summed E-state index contributed by atoms with van der Waals surface area (Å²) >= 11 is 1.75. The molecule has 0 saturated heterocycles. The van der Waals surface area contributed by atoms with Gasteiger partial charge in [-0.3, -0.25) is 0 Å². The standard InChI is InChI=1S/C15H18FNS/c1-9-7-15(18-11(9)3)14(17)8-12-4-5-13(16)6-10(12)2/h4-7,14H,8,17H2,1-3H3. The summed E-state index contributed by atoms with van der Waals surface area (Å²) in [5.41, 5.74) is 9.61. The fourth-order valence-electron chi connectivity index (χ4n) is 2.01. The monoisotopic (exact) mass is 263 g/mol. The lowest BCUT2D eigenvalue weighted by atomic mass is 10.0. The van der Waals surface area contributed by atoms with Gasteiger partial charge in [0, 0.05) is 15.8 Å². The van der Waals surface area contributed by atoms with Crippen molar-refractivity contribution in [3.05, 3.63) is 56.5 Å². The summed E-state index contributed by atoms with van der Waals surface area (Å²) < 4.78 is 13.0. The van der Waals surface area contributed by atoms with E-state index in [4.69, 9.17) is 5.73 Å². The lowest BCUT2D eigenvalue weighted by molar-refractivity contribution is 0.624. The van der Waals surface area contributed by atoms with Gasteiger partial charge in [-0.05, 0) is 62.1 Å². The second kappa shape index (κ2) is 5.21. The number of halogens is 1. The molecular weight excluding hydrogens is 245 g/mol. The van der Waals surface area contributed by atoms with E-state index in [9.17, 15) is 4.39 Å². The number of aryl methyl sites for hydroxylation is 3. The van der Waals surface area contributed by atoms with Gasteiger partial charge in [0.2, 0.25) is 0 Å². The van der Waals surface area contributed by atoms with Crippen molar-refractivity contribution in [2.75, 3.05) is 0 Å². The molecule has 18 heavy (non-hydrogen) atoms. The third kappa shape index (κ3) is 2.79. The van der Waals surface area contributed by atoms with Crippen LogP contribution in [0.15, 0.2) is 24.3 Å². The van der Waals surface area contributed by atoms with Crippen molar-refractivity contribution in [2.45, 2.75) is 33.2 Å². The lowest BCUT2D eigenvalue weighted by Gasteiger charge is -2.12. The summed E-state index contributed by atoms with van der Waals surface area (Å²) in [5, 5.41) is 0. The first-order chi connectivity index (χ1) is 8.47. The van der Waals surface area contributed by atoms with Crippen LogP contribution in [0.25, 0.3) is 0 Å². The van der Waals surface area contributed by atoms with Crippen LogP contribution in [-0.2, 0) is 6.42 Å². The number of rotatable bonds is 3. The lowest BCUT2D eigenvalue weighted by Crippen LogP contribution is -2.12. The van der Waals surface area contributed by atoms with Crippen LogP contribution in [0, 0.1) is 26.6 Å². The van der Waals surface area contributed by atoms with Gasteiger partial charge in [0.15, 0.2) is 0 Å². The zero-order chi connectivity index (χ0) is 13.3. The Balaban J connectivity index is 2.18. The van der Waals surface area contributed by atoms with E-state index >= 15 is 0 Å². The van der Waals surface area contributed by atoms with Crippen LogP contribution in [0.1, 0.15) is 32.5 Å². The van der Waals surface area contributed by atoms with Crippen molar-refractivity contribution in [2.24, 2.45) is 5.73 Å². The minimum atomic E-state index is -0.187. The Labute approximate surface area is 111 Å². The summed E-state index contributed by atoms with van der Waals surface area (Å²) in [7, 11) is 0. The average molecular weight is 263 g/mol. The van der Waals surface area contributed by atoms with Crippen molar-refractivity contribution in [3.63, 3.8) is 0 Å². The van der Waals surface area contributed by atoms with Crippen LogP contribution in [0.3, 0.4) is 0 Å². The highest BCUT2D eigenvalue weighted by atomic mass is 32.1. The fourth-order valence-corrected chi connectivity index (χ4v) is 3.05. The molecule has 3 heteroatoms. The second-order valence-electron chi connectivity index (χ2n) is 4.77. The van der Waals surface area contributed by atoms with Crippen molar-refractivity contribution < 1.29 is 4.39 Å². The van der Waals surface area contributed by atoms with Crippen LogP contribution in [0.4, 0.5) is 4.39 Å². The fraction of sp³-hybridized carbons (Fsp3) is 0.333. The van der Waals surface area contributed by atoms with Crippen LogP contribution < -0.4 is 5.73 Å². The van der Waals surface area contributed by atoms with Crippen LogP contribution in [0.2, 0.25) is 0 Å². The number of hydrogen-bond acceptors (Lipinski definition) is 2. The molecule has 0 radical (unpaired) electrons. The third-order valence-electron chi connectivity index (χ3n) is 3.29. The maximum atomic E-state index is 13.0. The number of hydrogen-bond donors (Lipinski definition) is 1. The van der Waals surface area contributed by atoms with E-state index < -0.39 is 0 Å². The molecule has 1 unspecified atom stereocenters. The molecule has 1 atom stereocenters. The maximum Gasteiger partial charge on any atom is 0.123 e. The van der Waals surface area contributed by atoms with E-state index in [-0.39, 0.29) is 11.9 Å². The molecule has 1 aromatic heterocycles. The number of nitrogens with two attached hydrogens (primary N) is 1. The van der Waals surface area contributed by atoms with Gasteiger partial charge in [-0.2, -0.15) is 0 Å². The van der Waals surface area contributed by atoms with Crippen molar-refractivity contribution in [1.82, 2.24) is 0 Å². The molecule has 96 valence electrons. The van der Waals surface area contributed by atoms with Crippen molar-refractivity contribution >= 4 is 11.3 Å². The van der Waals surface area contributed by atoms with Gasteiger partial charge in [-0.1, -0.05) is 6.07 Å². The van der Waals surface area contributed by atoms with Crippen molar-refractivity contribution in [1.29, 1.82) is 0 Å². The summed E-state index contributed by atoms with van der Waals surface area (Å²) in [5.74, 6) is -0.187. The van der Waals surface area contributed by atoms with Crippen LogP contribution in [-0.4, -0.2) is 0 Å². The normalized spacial score (nSPS) is 12.7. The van der Waals surface area contributed by atoms with Gasteiger partial charge in [0.1, 0.15) is 5.82 Å². The molecule has 1 nitrogen and oxygen atoms in total. The molecule has 2 rings (SSSR count). The predicted molar refractivity (Wildman–Crippen MR) is 75.6 cm³/mol. The highest BCUT2D eigenvalue weighted by molar-refractivity contribution is 7.12. The summed E-state index contributed by atoms with van der Waals surface area (Å²) in [4.78, 5) is 2.52. The zero-order valence-corrected chi connectivity index (χ0v) is 11.8. The molecule has 0 saturated carbocycles. The molecule has 0 amide bonds. The highest BCUT2D eigenvalue weighted by Gasteiger charge is 2.12. The van der Waals surface area contributed by atoms with E-state index in [1.165, 1.54) is 21.4 Å². The number of thiophene rings is 1. The SMILES string of the molecule is Cc1cc(F)ccc1CC(N)c1cc(C)c(C)s1. The highest BCUT2D eigenvalue weighted by Crippen LogP contribution is 2.27. The topological polar surface area (TPSA) is 26.0 Å². The second-order valence-corrected chi connectivity index (χ2v) is 6.06. The Hall–Kier alpha value is -1.19. The van der Waals surface area contributed by atoms with Gasteiger partial charge in [-0.25, -0.2) is 4.39 Å². The summed E-state index contributed by atoms with van der Waals surface area (Å²) in [6.45, 7) is 6.14. The minimum Gasteiger partial charge on any atom is -0.323 e. The van der Waals surface area contributed by atoms with E-state index in [1.807, 2.05) is 13.0 Å². The Morgan fingerprint density at radius 3 is 2.44 bits per heavy atom. The Bertz CT molecular complexity index is 540. The quantitative estimate of drug-likeness (QED) is 0.888. The van der Waals surface area contributed by atoms with Gasteiger partial charge in [0.05, 0.1) is 0 Å². The first-order valence-corrected chi connectivity index (χ1v) is 6.86. The van der Waals surface area contributed by atoms with E-state index in [0.29, 0.717) is 0 Å².